The molecule has 0 saturated carbocycles. The number of benzene rings is 1. The van der Waals surface area contributed by atoms with Crippen LogP contribution in [0, 0.1) is 11.3 Å². The van der Waals surface area contributed by atoms with Gasteiger partial charge in [0.25, 0.3) is 5.91 Å². The summed E-state index contributed by atoms with van der Waals surface area (Å²) in [5, 5.41) is 11.8. The molecule has 23 heavy (non-hydrogen) atoms. The normalized spacial score (nSPS) is 15.5. The van der Waals surface area contributed by atoms with Crippen molar-refractivity contribution in [3.8, 4) is 6.07 Å². The minimum atomic E-state index is -0.170. The van der Waals surface area contributed by atoms with Crippen LogP contribution >= 0.6 is 0 Å². The van der Waals surface area contributed by atoms with Crippen molar-refractivity contribution in [2.24, 2.45) is 0 Å². The number of H-pyrrole nitrogens is 1. The average molecular weight is 308 g/mol. The molecule has 1 unspecified atom stereocenters. The Bertz CT molecular complexity index is 743. The number of nitrogens with zero attached hydrogens (tertiary/aromatic N) is 2. The van der Waals surface area contributed by atoms with Crippen molar-refractivity contribution in [3.63, 3.8) is 0 Å². The van der Waals surface area contributed by atoms with Crippen molar-refractivity contribution in [3.05, 3.63) is 58.9 Å². The lowest BCUT2D eigenvalue weighted by atomic mass is 10.00. The van der Waals surface area contributed by atoms with Crippen molar-refractivity contribution in [2.75, 3.05) is 13.1 Å². The summed E-state index contributed by atoms with van der Waals surface area (Å²) in [4.78, 5) is 17.3. The summed E-state index contributed by atoms with van der Waals surface area (Å²) in [5.74, 6) is -0.170. The van der Waals surface area contributed by atoms with Gasteiger partial charge in [-0.25, -0.2) is 0 Å². The lowest BCUT2D eigenvalue weighted by Crippen LogP contribution is -2.43. The second kappa shape index (κ2) is 6.67. The molecule has 1 aromatic carbocycles. The Balaban J connectivity index is 1.55. The molecule has 0 bridgehead atoms. The van der Waals surface area contributed by atoms with E-state index in [9.17, 15) is 4.79 Å². The highest BCUT2D eigenvalue weighted by Gasteiger charge is 2.19. The quantitative estimate of drug-likeness (QED) is 0.908. The largest absolute Gasteiger partial charge is 0.356 e. The molecule has 1 amide bonds. The maximum absolute atomic E-state index is 12.2. The van der Waals surface area contributed by atoms with Gasteiger partial charge in [0, 0.05) is 31.9 Å². The van der Waals surface area contributed by atoms with Gasteiger partial charge in [-0.1, -0.05) is 24.3 Å². The standard InChI is InChI=1S/C18H20N4O/c1-13(21-18(23)17-8-14(9-19)10-20-17)11-22-7-6-15-4-2-3-5-16(15)12-22/h2-5,8,10,13,20H,6-7,11-12H2,1H3,(H,21,23). The molecule has 0 spiro atoms. The summed E-state index contributed by atoms with van der Waals surface area (Å²) in [7, 11) is 0. The van der Waals surface area contributed by atoms with Gasteiger partial charge >= 0.3 is 0 Å². The van der Waals surface area contributed by atoms with E-state index in [-0.39, 0.29) is 11.9 Å². The highest BCUT2D eigenvalue weighted by Crippen LogP contribution is 2.18. The fourth-order valence-corrected chi connectivity index (χ4v) is 3.03. The van der Waals surface area contributed by atoms with E-state index in [1.807, 2.05) is 13.0 Å². The number of nitrogens with one attached hydrogen (secondary N) is 2. The van der Waals surface area contributed by atoms with E-state index >= 15 is 0 Å². The smallest absolute Gasteiger partial charge is 0.267 e. The molecule has 0 aliphatic carbocycles. The molecule has 1 aliphatic heterocycles. The number of aromatic amines is 1. The minimum Gasteiger partial charge on any atom is -0.356 e. The minimum absolute atomic E-state index is 0.0431. The Morgan fingerprint density at radius 1 is 1.43 bits per heavy atom. The van der Waals surface area contributed by atoms with E-state index in [2.05, 4.69) is 39.5 Å². The van der Waals surface area contributed by atoms with E-state index in [1.54, 1.807) is 12.3 Å². The van der Waals surface area contributed by atoms with Crippen LogP contribution in [-0.2, 0) is 13.0 Å². The Hall–Kier alpha value is -2.58. The number of nitriles is 1. The SMILES string of the molecule is CC(CN1CCc2ccccc2C1)NC(=O)c1cc(C#N)c[nH]1. The van der Waals surface area contributed by atoms with Gasteiger partial charge in [0.1, 0.15) is 11.8 Å². The summed E-state index contributed by atoms with van der Waals surface area (Å²) < 4.78 is 0. The highest BCUT2D eigenvalue weighted by atomic mass is 16.1. The van der Waals surface area contributed by atoms with E-state index in [4.69, 9.17) is 5.26 Å². The van der Waals surface area contributed by atoms with Gasteiger partial charge in [0.15, 0.2) is 0 Å². The van der Waals surface area contributed by atoms with Gasteiger partial charge in [-0.15, -0.1) is 0 Å². The number of carbonyl (C=O) groups excluding carboxylic acids is 1. The van der Waals surface area contributed by atoms with E-state index in [0.717, 1.165) is 26.1 Å². The van der Waals surface area contributed by atoms with Gasteiger partial charge in [-0.2, -0.15) is 5.26 Å². The number of rotatable bonds is 4. The fourth-order valence-electron chi connectivity index (χ4n) is 3.03. The van der Waals surface area contributed by atoms with Crippen LogP contribution in [0.25, 0.3) is 0 Å². The third-order valence-electron chi connectivity index (χ3n) is 4.18. The van der Waals surface area contributed by atoms with E-state index < -0.39 is 0 Å². The second-order valence-corrected chi connectivity index (χ2v) is 6.04. The molecule has 0 radical (unpaired) electrons. The van der Waals surface area contributed by atoms with Crippen LogP contribution in [0.3, 0.4) is 0 Å². The predicted octanol–water partition coefficient (Wildman–Crippen LogP) is 2.06. The van der Waals surface area contributed by atoms with Crippen LogP contribution in [0.15, 0.2) is 36.5 Å². The Morgan fingerprint density at radius 3 is 2.96 bits per heavy atom. The molecule has 1 aromatic heterocycles. The molecule has 1 atom stereocenters. The van der Waals surface area contributed by atoms with Crippen molar-refractivity contribution in [2.45, 2.75) is 25.9 Å². The van der Waals surface area contributed by atoms with E-state index in [0.29, 0.717) is 11.3 Å². The molecule has 0 saturated heterocycles. The Morgan fingerprint density at radius 2 is 2.22 bits per heavy atom. The number of aromatic nitrogens is 1. The van der Waals surface area contributed by atoms with Crippen LogP contribution in [0.5, 0.6) is 0 Å². The maximum Gasteiger partial charge on any atom is 0.267 e. The number of amides is 1. The number of hydrogen-bond acceptors (Lipinski definition) is 3. The first-order valence-corrected chi connectivity index (χ1v) is 7.84. The van der Waals surface area contributed by atoms with Crippen LogP contribution in [0.2, 0.25) is 0 Å². The molecular weight excluding hydrogens is 288 g/mol. The van der Waals surface area contributed by atoms with Crippen molar-refractivity contribution in [1.82, 2.24) is 15.2 Å². The number of hydrogen-bond donors (Lipinski definition) is 2. The molecule has 2 heterocycles. The van der Waals surface area contributed by atoms with Crippen molar-refractivity contribution in [1.29, 1.82) is 5.26 Å². The number of fused-ring (bicyclic) bond motifs is 1. The van der Waals surface area contributed by atoms with Crippen LogP contribution in [-0.4, -0.2) is 34.9 Å². The zero-order valence-corrected chi connectivity index (χ0v) is 13.2. The second-order valence-electron chi connectivity index (χ2n) is 6.04. The van der Waals surface area contributed by atoms with E-state index in [1.165, 1.54) is 11.1 Å². The summed E-state index contributed by atoms with van der Waals surface area (Å²) in [6, 6.07) is 12.1. The summed E-state index contributed by atoms with van der Waals surface area (Å²) in [5.41, 5.74) is 3.70. The molecule has 1 aliphatic rings. The average Bonchev–Trinajstić information content (AvgIpc) is 3.04. The van der Waals surface area contributed by atoms with Crippen LogP contribution in [0.4, 0.5) is 0 Å². The van der Waals surface area contributed by atoms with Gasteiger partial charge in [-0.05, 0) is 30.5 Å². The zero-order valence-electron chi connectivity index (χ0n) is 13.2. The molecule has 0 fully saturated rings. The highest BCUT2D eigenvalue weighted by molar-refractivity contribution is 5.93. The van der Waals surface area contributed by atoms with Crippen LogP contribution in [0.1, 0.15) is 34.1 Å². The lowest BCUT2D eigenvalue weighted by Gasteiger charge is -2.31. The molecule has 118 valence electrons. The predicted molar refractivity (Wildman–Crippen MR) is 87.9 cm³/mol. The third-order valence-corrected chi connectivity index (χ3v) is 4.18. The first-order chi connectivity index (χ1) is 11.2. The molecule has 5 nitrogen and oxygen atoms in total. The van der Waals surface area contributed by atoms with Gasteiger partial charge in [0.05, 0.1) is 5.56 Å². The summed E-state index contributed by atoms with van der Waals surface area (Å²) >= 11 is 0. The fraction of sp³-hybridized carbons (Fsp3) is 0.333. The van der Waals surface area contributed by atoms with Crippen molar-refractivity contribution >= 4 is 5.91 Å². The maximum atomic E-state index is 12.2. The molecule has 2 N–H and O–H groups in total. The summed E-state index contributed by atoms with van der Waals surface area (Å²) in [6.07, 6.45) is 2.60. The molecule has 2 aromatic rings. The molecule has 3 rings (SSSR count). The van der Waals surface area contributed by atoms with Gasteiger partial charge in [-0.3, -0.25) is 9.69 Å². The first kappa shape index (κ1) is 15.3. The zero-order chi connectivity index (χ0) is 16.2. The van der Waals surface area contributed by atoms with Gasteiger partial charge in [0.2, 0.25) is 0 Å². The first-order valence-electron chi connectivity index (χ1n) is 7.84. The number of carbonyl (C=O) groups is 1. The topological polar surface area (TPSA) is 71.9 Å². The monoisotopic (exact) mass is 308 g/mol. The van der Waals surface area contributed by atoms with Crippen molar-refractivity contribution < 1.29 is 4.79 Å². The molecular formula is C18H20N4O. The Labute approximate surface area is 135 Å². The van der Waals surface area contributed by atoms with Gasteiger partial charge < -0.3 is 10.3 Å². The summed E-state index contributed by atoms with van der Waals surface area (Å²) in [6.45, 7) is 4.76. The lowest BCUT2D eigenvalue weighted by molar-refractivity contribution is 0.0922. The molecule has 5 heteroatoms. The van der Waals surface area contributed by atoms with Crippen LogP contribution < -0.4 is 5.32 Å². The Kier molecular flexibility index (Phi) is 4.45. The third kappa shape index (κ3) is 3.61.